The Morgan fingerprint density at radius 2 is 1.82 bits per heavy atom. The van der Waals surface area contributed by atoms with E-state index in [0.717, 1.165) is 17.7 Å². The smallest absolute Gasteiger partial charge is 0.0962 e. The summed E-state index contributed by atoms with van der Waals surface area (Å²) in [6, 6.07) is 2.09. The SMILES string of the molecule is CCCCCCCCC(C)(O)c1sccc1C. The largest absolute Gasteiger partial charge is 0.385 e. The lowest BCUT2D eigenvalue weighted by molar-refractivity contribution is 0.0480. The average Bonchev–Trinajstić information content (AvgIpc) is 2.70. The quantitative estimate of drug-likeness (QED) is 0.646. The Labute approximate surface area is 110 Å². The fraction of sp³-hybridized carbons (Fsp3) is 0.733. The van der Waals surface area contributed by atoms with E-state index < -0.39 is 5.60 Å². The minimum Gasteiger partial charge on any atom is -0.385 e. The van der Waals surface area contributed by atoms with E-state index >= 15 is 0 Å². The highest BCUT2D eigenvalue weighted by Crippen LogP contribution is 2.33. The molecular weight excluding hydrogens is 228 g/mol. The van der Waals surface area contributed by atoms with E-state index in [1.54, 1.807) is 11.3 Å². The third kappa shape index (κ3) is 4.81. The van der Waals surface area contributed by atoms with Gasteiger partial charge in [-0.15, -0.1) is 11.3 Å². The second kappa shape index (κ2) is 7.17. The molecule has 1 nitrogen and oxygen atoms in total. The van der Waals surface area contributed by atoms with Crippen LogP contribution in [0.1, 0.15) is 69.2 Å². The Morgan fingerprint density at radius 3 is 2.41 bits per heavy atom. The van der Waals surface area contributed by atoms with Crippen LogP contribution in [0.3, 0.4) is 0 Å². The minimum absolute atomic E-state index is 0.622. The Hall–Kier alpha value is -0.340. The number of aryl methyl sites for hydroxylation is 1. The summed E-state index contributed by atoms with van der Waals surface area (Å²) in [5.74, 6) is 0. The fourth-order valence-electron chi connectivity index (χ4n) is 2.29. The van der Waals surface area contributed by atoms with Gasteiger partial charge in [0.05, 0.1) is 5.60 Å². The van der Waals surface area contributed by atoms with Gasteiger partial charge in [0.25, 0.3) is 0 Å². The molecule has 0 aliphatic heterocycles. The lowest BCUT2D eigenvalue weighted by atomic mass is 9.94. The molecule has 1 N–H and O–H groups in total. The maximum atomic E-state index is 10.5. The van der Waals surface area contributed by atoms with Crippen molar-refractivity contribution in [3.8, 4) is 0 Å². The molecule has 2 heteroatoms. The molecule has 98 valence electrons. The summed E-state index contributed by atoms with van der Waals surface area (Å²) in [6.07, 6.45) is 8.58. The summed E-state index contributed by atoms with van der Waals surface area (Å²) >= 11 is 1.68. The van der Waals surface area contributed by atoms with Crippen molar-refractivity contribution in [1.29, 1.82) is 0 Å². The molecule has 1 unspecified atom stereocenters. The van der Waals surface area contributed by atoms with Crippen LogP contribution in [-0.2, 0) is 5.60 Å². The van der Waals surface area contributed by atoms with E-state index in [0.29, 0.717) is 0 Å². The molecule has 1 aromatic heterocycles. The normalized spacial score (nSPS) is 14.8. The first kappa shape index (κ1) is 14.7. The van der Waals surface area contributed by atoms with Crippen LogP contribution in [0, 0.1) is 6.92 Å². The predicted molar refractivity (Wildman–Crippen MR) is 76.6 cm³/mol. The molecule has 1 heterocycles. The molecule has 0 aromatic carbocycles. The number of hydrogen-bond acceptors (Lipinski definition) is 2. The molecule has 0 saturated carbocycles. The van der Waals surface area contributed by atoms with E-state index in [2.05, 4.69) is 25.3 Å². The third-order valence-corrected chi connectivity index (χ3v) is 4.64. The zero-order valence-corrected chi connectivity index (χ0v) is 12.3. The molecule has 0 aliphatic carbocycles. The van der Waals surface area contributed by atoms with Crippen molar-refractivity contribution in [3.05, 3.63) is 21.9 Å². The molecular formula is C15H26OS. The van der Waals surface area contributed by atoms with E-state index in [1.807, 2.05) is 6.92 Å². The number of thiophene rings is 1. The summed E-state index contributed by atoms with van der Waals surface area (Å²) in [7, 11) is 0. The third-order valence-electron chi connectivity index (χ3n) is 3.37. The van der Waals surface area contributed by atoms with Crippen molar-refractivity contribution in [2.24, 2.45) is 0 Å². The molecule has 1 aromatic rings. The number of rotatable bonds is 8. The molecule has 0 amide bonds. The Balaban J connectivity index is 2.28. The van der Waals surface area contributed by atoms with Crippen LogP contribution in [-0.4, -0.2) is 5.11 Å². The monoisotopic (exact) mass is 254 g/mol. The van der Waals surface area contributed by atoms with Crippen LogP contribution >= 0.6 is 11.3 Å². The van der Waals surface area contributed by atoms with Crippen LogP contribution in [0.4, 0.5) is 0 Å². The molecule has 0 radical (unpaired) electrons. The van der Waals surface area contributed by atoms with Crippen molar-refractivity contribution in [2.75, 3.05) is 0 Å². The van der Waals surface area contributed by atoms with E-state index in [9.17, 15) is 5.11 Å². The molecule has 0 aliphatic rings. The zero-order valence-electron chi connectivity index (χ0n) is 11.5. The zero-order chi connectivity index (χ0) is 12.7. The fourth-order valence-corrected chi connectivity index (χ4v) is 3.31. The van der Waals surface area contributed by atoms with Gasteiger partial charge in [0.2, 0.25) is 0 Å². The van der Waals surface area contributed by atoms with Crippen molar-refractivity contribution < 1.29 is 5.11 Å². The Kier molecular flexibility index (Phi) is 6.21. The van der Waals surface area contributed by atoms with E-state index in [4.69, 9.17) is 0 Å². The van der Waals surface area contributed by atoms with Gasteiger partial charge in [-0.3, -0.25) is 0 Å². The van der Waals surface area contributed by atoms with Gasteiger partial charge in [-0.05, 0) is 37.3 Å². The molecule has 1 atom stereocenters. The standard InChI is InChI=1S/C15H26OS/c1-4-5-6-7-8-9-11-15(3,16)14-13(2)10-12-17-14/h10,12,16H,4-9,11H2,1-3H3. The summed E-state index contributed by atoms with van der Waals surface area (Å²) < 4.78 is 0. The van der Waals surface area contributed by atoms with E-state index in [1.165, 1.54) is 37.7 Å². The summed E-state index contributed by atoms with van der Waals surface area (Å²) in [5, 5.41) is 12.5. The maximum Gasteiger partial charge on any atom is 0.0962 e. The second-order valence-corrected chi connectivity index (χ2v) is 6.14. The van der Waals surface area contributed by atoms with Gasteiger partial charge in [-0.2, -0.15) is 0 Å². The first-order valence-corrected chi connectivity index (χ1v) is 7.73. The highest BCUT2D eigenvalue weighted by atomic mass is 32.1. The van der Waals surface area contributed by atoms with Gasteiger partial charge < -0.3 is 5.11 Å². The maximum absolute atomic E-state index is 10.5. The van der Waals surface area contributed by atoms with Gasteiger partial charge in [0, 0.05) is 4.88 Å². The predicted octanol–water partition coefficient (Wildman–Crippen LogP) is 5.01. The average molecular weight is 254 g/mol. The second-order valence-electron chi connectivity index (χ2n) is 5.22. The molecule has 0 bridgehead atoms. The van der Waals surface area contributed by atoms with Crippen LogP contribution in [0.2, 0.25) is 0 Å². The van der Waals surface area contributed by atoms with Crippen LogP contribution in [0.25, 0.3) is 0 Å². The highest BCUT2D eigenvalue weighted by Gasteiger charge is 2.25. The van der Waals surface area contributed by atoms with Gasteiger partial charge in [-0.25, -0.2) is 0 Å². The molecule has 0 spiro atoms. The Bertz CT molecular complexity index is 314. The van der Waals surface area contributed by atoms with Gasteiger partial charge >= 0.3 is 0 Å². The van der Waals surface area contributed by atoms with Crippen molar-refractivity contribution in [3.63, 3.8) is 0 Å². The van der Waals surface area contributed by atoms with Crippen LogP contribution in [0.5, 0.6) is 0 Å². The van der Waals surface area contributed by atoms with Gasteiger partial charge in [0.1, 0.15) is 0 Å². The van der Waals surface area contributed by atoms with E-state index in [-0.39, 0.29) is 0 Å². The number of aliphatic hydroxyl groups is 1. The minimum atomic E-state index is -0.622. The summed E-state index contributed by atoms with van der Waals surface area (Å²) in [4.78, 5) is 1.14. The van der Waals surface area contributed by atoms with Crippen LogP contribution < -0.4 is 0 Å². The van der Waals surface area contributed by atoms with Crippen molar-refractivity contribution in [1.82, 2.24) is 0 Å². The lowest BCUT2D eigenvalue weighted by Crippen LogP contribution is -2.20. The topological polar surface area (TPSA) is 20.2 Å². The molecule has 17 heavy (non-hydrogen) atoms. The molecule has 0 fully saturated rings. The number of unbranched alkanes of at least 4 members (excludes halogenated alkanes) is 5. The first-order chi connectivity index (χ1) is 8.08. The van der Waals surface area contributed by atoms with Crippen LogP contribution in [0.15, 0.2) is 11.4 Å². The number of hydrogen-bond donors (Lipinski definition) is 1. The van der Waals surface area contributed by atoms with Crippen molar-refractivity contribution in [2.45, 2.75) is 71.3 Å². The molecule has 1 rings (SSSR count). The summed E-state index contributed by atoms with van der Waals surface area (Å²) in [5.41, 5.74) is 0.606. The highest BCUT2D eigenvalue weighted by molar-refractivity contribution is 7.10. The van der Waals surface area contributed by atoms with Gasteiger partial charge in [-0.1, -0.05) is 45.4 Å². The molecule has 0 saturated heterocycles. The first-order valence-electron chi connectivity index (χ1n) is 6.85. The van der Waals surface area contributed by atoms with Crippen molar-refractivity contribution >= 4 is 11.3 Å². The lowest BCUT2D eigenvalue weighted by Gasteiger charge is -2.23. The summed E-state index contributed by atoms with van der Waals surface area (Å²) in [6.45, 7) is 6.28. The Morgan fingerprint density at radius 1 is 1.18 bits per heavy atom. The van der Waals surface area contributed by atoms with Gasteiger partial charge in [0.15, 0.2) is 0 Å².